The van der Waals surface area contributed by atoms with E-state index in [1.54, 1.807) is 12.1 Å². The second-order valence-corrected chi connectivity index (χ2v) is 5.11. The zero-order valence-corrected chi connectivity index (χ0v) is 11.9. The number of ether oxygens (including phenoxy) is 1. The summed E-state index contributed by atoms with van der Waals surface area (Å²) in [6.07, 6.45) is 0. The number of hydrazine groups is 1. The van der Waals surface area contributed by atoms with Crippen LogP contribution in [0.1, 0.15) is 0 Å². The Bertz CT molecular complexity index is 438. The standard InChI is InChI=1S/C11H13BrClN3O2/c12-8-1-2-10(9(13)7-8)14-11(17)15-16-3-5-18-6-4-16/h1-2,7H,3-6H2,(H2,14,15,17). The van der Waals surface area contributed by atoms with Crippen LogP contribution in [0.3, 0.4) is 0 Å². The van der Waals surface area contributed by atoms with Gasteiger partial charge in [-0.3, -0.25) is 5.43 Å². The number of halogens is 2. The normalized spacial score (nSPS) is 16.3. The number of anilines is 1. The number of carbonyl (C=O) groups excluding carboxylic acids is 1. The van der Waals surface area contributed by atoms with E-state index in [1.165, 1.54) is 0 Å². The minimum Gasteiger partial charge on any atom is -0.379 e. The summed E-state index contributed by atoms with van der Waals surface area (Å²) in [7, 11) is 0. The van der Waals surface area contributed by atoms with Crippen LogP contribution in [-0.4, -0.2) is 37.3 Å². The van der Waals surface area contributed by atoms with Gasteiger partial charge in [-0.2, -0.15) is 0 Å². The highest BCUT2D eigenvalue weighted by Gasteiger charge is 2.13. The second kappa shape index (κ2) is 6.38. The highest BCUT2D eigenvalue weighted by molar-refractivity contribution is 9.10. The molecule has 1 aromatic carbocycles. The predicted octanol–water partition coefficient (Wildman–Crippen LogP) is 2.47. The van der Waals surface area contributed by atoms with Crippen LogP contribution in [-0.2, 0) is 4.74 Å². The molecule has 1 aliphatic heterocycles. The van der Waals surface area contributed by atoms with Gasteiger partial charge in [-0.15, -0.1) is 0 Å². The minimum absolute atomic E-state index is 0.305. The number of carbonyl (C=O) groups is 1. The van der Waals surface area contributed by atoms with Crippen LogP contribution in [0.2, 0.25) is 5.02 Å². The molecule has 0 saturated carbocycles. The van der Waals surface area contributed by atoms with Crippen molar-refractivity contribution in [2.75, 3.05) is 31.6 Å². The molecule has 1 heterocycles. The van der Waals surface area contributed by atoms with Crippen LogP contribution in [0.15, 0.2) is 22.7 Å². The zero-order chi connectivity index (χ0) is 13.0. The lowest BCUT2D eigenvalue weighted by molar-refractivity contribution is 0.0207. The molecule has 18 heavy (non-hydrogen) atoms. The second-order valence-electron chi connectivity index (χ2n) is 3.79. The average Bonchev–Trinajstić information content (AvgIpc) is 2.34. The Morgan fingerprint density at radius 3 is 2.78 bits per heavy atom. The fourth-order valence-electron chi connectivity index (χ4n) is 1.56. The Balaban J connectivity index is 1.90. The van der Waals surface area contributed by atoms with Crippen LogP contribution < -0.4 is 10.7 Å². The maximum absolute atomic E-state index is 11.7. The summed E-state index contributed by atoms with van der Waals surface area (Å²) in [5.74, 6) is 0. The molecule has 1 aliphatic rings. The van der Waals surface area contributed by atoms with Crippen LogP contribution in [0.4, 0.5) is 10.5 Å². The summed E-state index contributed by atoms with van der Waals surface area (Å²) < 4.78 is 6.06. The van der Waals surface area contributed by atoms with Crippen molar-refractivity contribution in [2.45, 2.75) is 0 Å². The quantitative estimate of drug-likeness (QED) is 0.873. The van der Waals surface area contributed by atoms with Crippen molar-refractivity contribution in [3.05, 3.63) is 27.7 Å². The molecule has 2 rings (SSSR count). The molecule has 7 heteroatoms. The third-order valence-corrected chi connectivity index (χ3v) is 3.26. The molecular weight excluding hydrogens is 321 g/mol. The smallest absolute Gasteiger partial charge is 0.333 e. The molecule has 5 nitrogen and oxygen atoms in total. The molecule has 1 aromatic rings. The van der Waals surface area contributed by atoms with Gasteiger partial charge in [-0.1, -0.05) is 27.5 Å². The Morgan fingerprint density at radius 1 is 1.39 bits per heavy atom. The minimum atomic E-state index is -0.305. The molecule has 2 N–H and O–H groups in total. The molecule has 2 amide bonds. The fraction of sp³-hybridized carbons (Fsp3) is 0.364. The van der Waals surface area contributed by atoms with E-state index in [4.69, 9.17) is 16.3 Å². The van der Waals surface area contributed by atoms with Gasteiger partial charge in [-0.25, -0.2) is 9.80 Å². The van der Waals surface area contributed by atoms with E-state index in [2.05, 4.69) is 26.7 Å². The van der Waals surface area contributed by atoms with E-state index < -0.39 is 0 Å². The SMILES string of the molecule is O=C(Nc1ccc(Br)cc1Cl)NN1CCOCC1. The van der Waals surface area contributed by atoms with Gasteiger partial charge in [0, 0.05) is 17.6 Å². The average molecular weight is 335 g/mol. The van der Waals surface area contributed by atoms with E-state index in [-0.39, 0.29) is 6.03 Å². The fourth-order valence-corrected chi connectivity index (χ4v) is 2.28. The third-order valence-electron chi connectivity index (χ3n) is 2.45. The van der Waals surface area contributed by atoms with Gasteiger partial charge < -0.3 is 10.1 Å². The van der Waals surface area contributed by atoms with Crippen molar-refractivity contribution >= 4 is 39.2 Å². The maximum Gasteiger partial charge on any atom is 0.333 e. The molecule has 98 valence electrons. The maximum atomic E-state index is 11.7. The number of morpholine rings is 1. The molecule has 0 unspecified atom stereocenters. The number of amides is 2. The van der Waals surface area contributed by atoms with Crippen LogP contribution in [0.5, 0.6) is 0 Å². The molecule has 0 aromatic heterocycles. The molecule has 1 saturated heterocycles. The summed E-state index contributed by atoms with van der Waals surface area (Å²) in [6.45, 7) is 2.61. The third kappa shape index (κ3) is 3.84. The summed E-state index contributed by atoms with van der Waals surface area (Å²) >= 11 is 9.32. The van der Waals surface area contributed by atoms with Crippen molar-refractivity contribution in [1.29, 1.82) is 0 Å². The first-order valence-corrected chi connectivity index (χ1v) is 6.67. The van der Waals surface area contributed by atoms with Crippen LogP contribution >= 0.6 is 27.5 Å². The Kier molecular flexibility index (Phi) is 4.82. The van der Waals surface area contributed by atoms with Gasteiger partial charge in [0.2, 0.25) is 0 Å². The van der Waals surface area contributed by atoms with E-state index in [1.807, 2.05) is 11.1 Å². The monoisotopic (exact) mass is 333 g/mol. The molecular formula is C11H13BrClN3O2. The highest BCUT2D eigenvalue weighted by Crippen LogP contribution is 2.25. The number of hydrogen-bond acceptors (Lipinski definition) is 3. The van der Waals surface area contributed by atoms with Crippen LogP contribution in [0, 0.1) is 0 Å². The lowest BCUT2D eigenvalue weighted by atomic mass is 10.3. The highest BCUT2D eigenvalue weighted by atomic mass is 79.9. The van der Waals surface area contributed by atoms with Crippen molar-refractivity contribution < 1.29 is 9.53 Å². The first kappa shape index (κ1) is 13.6. The van der Waals surface area contributed by atoms with E-state index in [9.17, 15) is 4.79 Å². The van der Waals surface area contributed by atoms with Crippen molar-refractivity contribution in [2.24, 2.45) is 0 Å². The topological polar surface area (TPSA) is 53.6 Å². The lowest BCUT2D eigenvalue weighted by Gasteiger charge is -2.26. The number of urea groups is 1. The first-order chi connectivity index (χ1) is 8.65. The molecule has 0 spiro atoms. The number of benzene rings is 1. The van der Waals surface area contributed by atoms with Gasteiger partial charge in [0.05, 0.1) is 23.9 Å². The van der Waals surface area contributed by atoms with E-state index >= 15 is 0 Å². The number of nitrogens with zero attached hydrogens (tertiary/aromatic N) is 1. The number of nitrogens with one attached hydrogen (secondary N) is 2. The molecule has 1 fully saturated rings. The van der Waals surface area contributed by atoms with Gasteiger partial charge in [0.25, 0.3) is 0 Å². The van der Waals surface area contributed by atoms with Crippen LogP contribution in [0.25, 0.3) is 0 Å². The summed E-state index contributed by atoms with van der Waals surface area (Å²) in [5, 5.41) is 5.00. The molecule has 0 atom stereocenters. The Hall–Kier alpha value is -0.820. The van der Waals surface area contributed by atoms with E-state index in [0.29, 0.717) is 37.0 Å². The summed E-state index contributed by atoms with van der Waals surface area (Å²) in [5.41, 5.74) is 3.32. The number of rotatable bonds is 2. The largest absolute Gasteiger partial charge is 0.379 e. The molecule has 0 radical (unpaired) electrons. The number of hydrogen-bond donors (Lipinski definition) is 2. The zero-order valence-electron chi connectivity index (χ0n) is 9.58. The molecule has 0 bridgehead atoms. The van der Waals surface area contributed by atoms with Gasteiger partial charge >= 0.3 is 6.03 Å². The summed E-state index contributed by atoms with van der Waals surface area (Å²) in [6, 6.07) is 4.98. The van der Waals surface area contributed by atoms with Crippen molar-refractivity contribution in [3.63, 3.8) is 0 Å². The van der Waals surface area contributed by atoms with Gasteiger partial charge in [0.1, 0.15) is 0 Å². The molecule has 0 aliphatic carbocycles. The summed E-state index contributed by atoms with van der Waals surface area (Å²) in [4.78, 5) is 11.7. The Labute approximate surface area is 119 Å². The Morgan fingerprint density at radius 2 is 2.11 bits per heavy atom. The lowest BCUT2D eigenvalue weighted by Crippen LogP contribution is -2.49. The van der Waals surface area contributed by atoms with Gasteiger partial charge in [-0.05, 0) is 18.2 Å². The van der Waals surface area contributed by atoms with E-state index in [0.717, 1.165) is 4.47 Å². The predicted molar refractivity (Wildman–Crippen MR) is 73.7 cm³/mol. The van der Waals surface area contributed by atoms with Gasteiger partial charge in [0.15, 0.2) is 0 Å². The van der Waals surface area contributed by atoms with Crippen molar-refractivity contribution in [3.8, 4) is 0 Å². The van der Waals surface area contributed by atoms with Crippen molar-refractivity contribution in [1.82, 2.24) is 10.4 Å². The first-order valence-electron chi connectivity index (χ1n) is 5.50.